The predicted molar refractivity (Wildman–Crippen MR) is 40.6 cm³/mol. The molecule has 0 spiro atoms. The zero-order chi connectivity index (χ0) is 6.97. The molecule has 0 bridgehead atoms. The number of nitrogens with one attached hydrogen (secondary N) is 1. The summed E-state index contributed by atoms with van der Waals surface area (Å²) in [6, 6.07) is 0. The van der Waals surface area contributed by atoms with E-state index in [-0.39, 0.29) is 0 Å². The first-order valence-electron chi connectivity index (χ1n) is 4.03. The predicted octanol–water partition coefficient (Wildman–Crippen LogP) is -0.489. The largest absolute Gasteiger partial charge is 0.304 e. The lowest BCUT2D eigenvalue weighted by Gasteiger charge is -2.32. The summed E-state index contributed by atoms with van der Waals surface area (Å²) >= 11 is 0. The number of fused-ring (bicyclic) bond motifs is 1. The number of hydrogen-bond acceptors (Lipinski definition) is 3. The third kappa shape index (κ3) is 0.944. The van der Waals surface area contributed by atoms with Crippen LogP contribution in [0.2, 0.25) is 0 Å². The van der Waals surface area contributed by atoms with Crippen LogP contribution < -0.4 is 5.32 Å². The smallest absolute Gasteiger partial charge is 0.0644 e. The van der Waals surface area contributed by atoms with Gasteiger partial charge in [0.05, 0.1) is 6.17 Å². The molecule has 2 fully saturated rings. The quantitative estimate of drug-likeness (QED) is 0.491. The maximum absolute atomic E-state index is 3.38. The van der Waals surface area contributed by atoms with Crippen LogP contribution in [0, 0.1) is 0 Å². The molecule has 2 aliphatic heterocycles. The topological polar surface area (TPSA) is 18.5 Å². The second-order valence-electron chi connectivity index (χ2n) is 3.22. The Morgan fingerprint density at radius 2 is 2.30 bits per heavy atom. The summed E-state index contributed by atoms with van der Waals surface area (Å²) < 4.78 is 0. The standard InChI is InChI=1S/C7H15N3/c1-9-4-5-10-6-8-3-2-7(9)10/h7-8H,2-6H2,1H3. The molecule has 0 aromatic carbocycles. The Hall–Kier alpha value is -0.120. The number of rotatable bonds is 0. The van der Waals surface area contributed by atoms with Gasteiger partial charge in [-0.05, 0) is 20.0 Å². The van der Waals surface area contributed by atoms with E-state index in [1.165, 1.54) is 26.1 Å². The van der Waals surface area contributed by atoms with E-state index in [0.717, 1.165) is 12.8 Å². The highest BCUT2D eigenvalue weighted by Crippen LogP contribution is 2.16. The summed E-state index contributed by atoms with van der Waals surface area (Å²) in [5.74, 6) is 0. The summed E-state index contributed by atoms with van der Waals surface area (Å²) in [5.41, 5.74) is 0. The highest BCUT2D eigenvalue weighted by molar-refractivity contribution is 4.82. The van der Waals surface area contributed by atoms with Gasteiger partial charge in [0.1, 0.15) is 0 Å². The van der Waals surface area contributed by atoms with E-state index in [0.29, 0.717) is 0 Å². The second-order valence-corrected chi connectivity index (χ2v) is 3.22. The summed E-state index contributed by atoms with van der Waals surface area (Å²) in [5, 5.41) is 3.38. The molecule has 0 aromatic rings. The maximum Gasteiger partial charge on any atom is 0.0644 e. The van der Waals surface area contributed by atoms with Gasteiger partial charge in [-0.15, -0.1) is 0 Å². The summed E-state index contributed by atoms with van der Waals surface area (Å²) in [6.07, 6.45) is 2.03. The van der Waals surface area contributed by atoms with Crippen molar-refractivity contribution >= 4 is 0 Å². The Morgan fingerprint density at radius 3 is 3.10 bits per heavy atom. The van der Waals surface area contributed by atoms with Crippen molar-refractivity contribution in [3.05, 3.63) is 0 Å². The van der Waals surface area contributed by atoms with Gasteiger partial charge < -0.3 is 5.32 Å². The lowest BCUT2D eigenvalue weighted by atomic mass is 10.3. The number of hydrogen-bond donors (Lipinski definition) is 1. The molecule has 1 N–H and O–H groups in total. The van der Waals surface area contributed by atoms with Crippen molar-refractivity contribution in [2.75, 3.05) is 33.4 Å². The van der Waals surface area contributed by atoms with E-state index in [1.54, 1.807) is 0 Å². The van der Waals surface area contributed by atoms with Crippen molar-refractivity contribution in [1.29, 1.82) is 0 Å². The minimum Gasteiger partial charge on any atom is -0.304 e. The first kappa shape index (κ1) is 6.58. The van der Waals surface area contributed by atoms with Gasteiger partial charge in [0.2, 0.25) is 0 Å². The van der Waals surface area contributed by atoms with Crippen molar-refractivity contribution in [3.63, 3.8) is 0 Å². The van der Waals surface area contributed by atoms with Crippen LogP contribution in [0.3, 0.4) is 0 Å². The van der Waals surface area contributed by atoms with Gasteiger partial charge in [0.25, 0.3) is 0 Å². The minimum atomic E-state index is 0.737. The molecule has 3 nitrogen and oxygen atoms in total. The summed E-state index contributed by atoms with van der Waals surface area (Å²) in [4.78, 5) is 4.95. The zero-order valence-corrected chi connectivity index (χ0v) is 6.51. The molecule has 2 aliphatic rings. The Kier molecular flexibility index (Phi) is 1.64. The Bertz CT molecular complexity index is 124. The van der Waals surface area contributed by atoms with Crippen LogP contribution in [-0.2, 0) is 0 Å². The van der Waals surface area contributed by atoms with Gasteiger partial charge in [0.15, 0.2) is 0 Å². The normalized spacial score (nSPS) is 36.3. The van der Waals surface area contributed by atoms with Crippen LogP contribution in [0.25, 0.3) is 0 Å². The van der Waals surface area contributed by atoms with Crippen LogP contribution in [0.15, 0.2) is 0 Å². The fourth-order valence-corrected chi connectivity index (χ4v) is 1.90. The molecule has 0 saturated carbocycles. The van der Waals surface area contributed by atoms with Crippen LogP contribution in [0.1, 0.15) is 6.42 Å². The summed E-state index contributed by atoms with van der Waals surface area (Å²) in [7, 11) is 2.22. The highest BCUT2D eigenvalue weighted by atomic mass is 15.4. The molecule has 0 aliphatic carbocycles. The van der Waals surface area contributed by atoms with Gasteiger partial charge in [-0.1, -0.05) is 0 Å². The summed E-state index contributed by atoms with van der Waals surface area (Å²) in [6.45, 7) is 4.76. The molecule has 2 rings (SSSR count). The number of nitrogens with zero attached hydrogens (tertiary/aromatic N) is 2. The van der Waals surface area contributed by atoms with E-state index >= 15 is 0 Å². The van der Waals surface area contributed by atoms with Gasteiger partial charge in [-0.3, -0.25) is 9.80 Å². The monoisotopic (exact) mass is 141 g/mol. The van der Waals surface area contributed by atoms with Crippen molar-refractivity contribution in [3.8, 4) is 0 Å². The van der Waals surface area contributed by atoms with Crippen LogP contribution in [0.5, 0.6) is 0 Å². The molecule has 1 unspecified atom stereocenters. The first-order chi connectivity index (χ1) is 4.88. The van der Waals surface area contributed by atoms with Crippen LogP contribution in [0.4, 0.5) is 0 Å². The van der Waals surface area contributed by atoms with Gasteiger partial charge in [-0.25, -0.2) is 0 Å². The average molecular weight is 141 g/mol. The SMILES string of the molecule is CN1CCN2CNCCC12. The Labute approximate surface area is 62.0 Å². The lowest BCUT2D eigenvalue weighted by molar-refractivity contribution is 0.110. The molecular weight excluding hydrogens is 126 g/mol. The fourth-order valence-electron chi connectivity index (χ4n) is 1.90. The third-order valence-corrected chi connectivity index (χ3v) is 2.56. The van der Waals surface area contributed by atoms with Crippen LogP contribution in [-0.4, -0.2) is 49.3 Å². The molecular formula is C7H15N3. The highest BCUT2D eigenvalue weighted by Gasteiger charge is 2.30. The lowest BCUT2D eigenvalue weighted by Crippen LogP contribution is -2.48. The molecule has 3 heteroatoms. The zero-order valence-electron chi connectivity index (χ0n) is 6.51. The molecule has 58 valence electrons. The Balaban J connectivity index is 2.01. The van der Waals surface area contributed by atoms with Crippen molar-refractivity contribution in [2.24, 2.45) is 0 Å². The van der Waals surface area contributed by atoms with Gasteiger partial charge in [0, 0.05) is 19.8 Å². The molecule has 0 aromatic heterocycles. The fraction of sp³-hybridized carbons (Fsp3) is 1.00. The molecule has 10 heavy (non-hydrogen) atoms. The second kappa shape index (κ2) is 2.49. The van der Waals surface area contributed by atoms with Gasteiger partial charge >= 0.3 is 0 Å². The molecule has 1 atom stereocenters. The van der Waals surface area contributed by atoms with E-state index in [1.807, 2.05) is 0 Å². The molecule has 2 heterocycles. The minimum absolute atomic E-state index is 0.737. The molecule has 2 saturated heterocycles. The van der Waals surface area contributed by atoms with Crippen LogP contribution >= 0.6 is 0 Å². The molecule has 0 radical (unpaired) electrons. The maximum atomic E-state index is 3.38. The van der Waals surface area contributed by atoms with E-state index < -0.39 is 0 Å². The number of likely N-dealkylation sites (N-methyl/N-ethyl adjacent to an activating group) is 1. The van der Waals surface area contributed by atoms with Gasteiger partial charge in [-0.2, -0.15) is 0 Å². The Morgan fingerprint density at radius 1 is 1.40 bits per heavy atom. The first-order valence-corrected chi connectivity index (χ1v) is 4.03. The van der Waals surface area contributed by atoms with E-state index in [2.05, 4.69) is 22.2 Å². The average Bonchev–Trinajstić information content (AvgIpc) is 2.34. The third-order valence-electron chi connectivity index (χ3n) is 2.56. The van der Waals surface area contributed by atoms with E-state index in [9.17, 15) is 0 Å². The van der Waals surface area contributed by atoms with Crippen molar-refractivity contribution in [1.82, 2.24) is 15.1 Å². The van der Waals surface area contributed by atoms with Crippen molar-refractivity contribution in [2.45, 2.75) is 12.6 Å². The van der Waals surface area contributed by atoms with Crippen molar-refractivity contribution < 1.29 is 0 Å². The molecule has 0 amide bonds. The van der Waals surface area contributed by atoms with E-state index in [4.69, 9.17) is 0 Å².